The molecule has 0 saturated carbocycles. The molecule has 2 aromatic carbocycles. The van der Waals surface area contributed by atoms with Gasteiger partial charge in [-0.15, -0.1) is 0 Å². The Bertz CT molecular complexity index is 1250. The van der Waals surface area contributed by atoms with Gasteiger partial charge in [-0.05, 0) is 57.6 Å². The molecule has 206 valence electrons. The first-order valence-electron chi connectivity index (χ1n) is 13.9. The first-order valence-corrected chi connectivity index (χ1v) is 13.9. The van der Waals surface area contributed by atoms with Crippen LogP contribution < -0.4 is 19.5 Å². The Hall–Kier alpha value is -3.62. The number of allylic oxidation sites excluding steroid dienone is 1. The molecule has 0 amide bonds. The van der Waals surface area contributed by atoms with E-state index in [1.165, 1.54) is 12.8 Å². The van der Waals surface area contributed by atoms with Crippen LogP contribution in [0.25, 0.3) is 0 Å². The van der Waals surface area contributed by atoms with E-state index < -0.39 is 0 Å². The largest absolute Gasteiger partial charge is 0.493 e. The molecule has 1 fully saturated rings. The molecule has 1 N–H and O–H groups in total. The van der Waals surface area contributed by atoms with Crippen LogP contribution in [0, 0.1) is 0 Å². The van der Waals surface area contributed by atoms with Gasteiger partial charge in [-0.25, -0.2) is 9.98 Å². The number of nitrogens with one attached hydrogen (secondary N) is 1. The highest BCUT2D eigenvalue weighted by Crippen LogP contribution is 2.36. The smallest absolute Gasteiger partial charge is 0.227 e. The maximum absolute atomic E-state index is 6.39. The lowest BCUT2D eigenvalue weighted by Gasteiger charge is -2.22. The third-order valence-electron chi connectivity index (χ3n) is 7.06. The van der Waals surface area contributed by atoms with Gasteiger partial charge in [0.15, 0.2) is 11.5 Å². The van der Waals surface area contributed by atoms with Crippen molar-refractivity contribution in [2.45, 2.75) is 32.2 Å². The number of aliphatic imine (C=N–C) groups is 2. The van der Waals surface area contributed by atoms with E-state index in [2.05, 4.69) is 51.4 Å². The van der Waals surface area contributed by atoms with Crippen molar-refractivity contribution in [2.75, 3.05) is 58.9 Å². The highest BCUT2D eigenvalue weighted by molar-refractivity contribution is 6.11. The van der Waals surface area contributed by atoms with Crippen molar-refractivity contribution < 1.29 is 14.2 Å². The molecule has 3 heterocycles. The SMILES string of the molecule is COc1cc2cc(c1OCCN1CCCC1)CN(C)C/C=C/CCOc1cccc(c1)C1=NC(=NC=CC1)N2. The maximum atomic E-state index is 6.39. The fourth-order valence-corrected chi connectivity index (χ4v) is 5.05. The molecule has 0 aromatic heterocycles. The number of ether oxygens (including phenoxy) is 3. The monoisotopic (exact) mass is 529 g/mol. The summed E-state index contributed by atoms with van der Waals surface area (Å²) in [5.41, 5.74) is 3.86. The van der Waals surface area contributed by atoms with E-state index in [0.717, 1.165) is 66.6 Å². The van der Waals surface area contributed by atoms with Crippen LogP contribution in [0.1, 0.15) is 36.8 Å². The molecule has 8 heteroatoms. The number of hydrogen-bond acceptors (Lipinski definition) is 8. The summed E-state index contributed by atoms with van der Waals surface area (Å²) in [5, 5.41) is 3.42. The van der Waals surface area contributed by atoms with Crippen LogP contribution in [0.3, 0.4) is 0 Å². The summed E-state index contributed by atoms with van der Waals surface area (Å²) in [4.78, 5) is 14.2. The number of nitrogens with zero attached hydrogens (tertiary/aromatic N) is 4. The Balaban J connectivity index is 1.46. The molecule has 0 atom stereocenters. The maximum Gasteiger partial charge on any atom is 0.227 e. The van der Waals surface area contributed by atoms with Crippen LogP contribution in [0.5, 0.6) is 17.2 Å². The van der Waals surface area contributed by atoms with Crippen LogP contribution >= 0.6 is 0 Å². The minimum Gasteiger partial charge on any atom is -0.493 e. The molecule has 39 heavy (non-hydrogen) atoms. The van der Waals surface area contributed by atoms with Crippen molar-refractivity contribution in [1.82, 2.24) is 9.80 Å². The number of anilines is 1. The Morgan fingerprint density at radius 3 is 2.85 bits per heavy atom. The van der Waals surface area contributed by atoms with Crippen LogP contribution in [-0.2, 0) is 6.54 Å². The minimum absolute atomic E-state index is 0.526. The Labute approximate surface area is 231 Å². The molecule has 0 unspecified atom stereocenters. The fourth-order valence-electron chi connectivity index (χ4n) is 5.05. The van der Waals surface area contributed by atoms with Crippen molar-refractivity contribution in [3.8, 4) is 17.2 Å². The van der Waals surface area contributed by atoms with E-state index in [9.17, 15) is 0 Å². The zero-order valence-corrected chi connectivity index (χ0v) is 23.1. The minimum atomic E-state index is 0.526. The molecule has 0 spiro atoms. The number of guanidine groups is 1. The molecule has 0 radical (unpaired) electrons. The van der Waals surface area contributed by atoms with Gasteiger partial charge in [-0.1, -0.05) is 30.4 Å². The highest BCUT2D eigenvalue weighted by atomic mass is 16.5. The Morgan fingerprint density at radius 1 is 1.08 bits per heavy atom. The molecule has 5 rings (SSSR count). The number of rotatable bonds is 5. The predicted octanol–water partition coefficient (Wildman–Crippen LogP) is 5.11. The average molecular weight is 530 g/mol. The highest BCUT2D eigenvalue weighted by Gasteiger charge is 2.18. The summed E-state index contributed by atoms with van der Waals surface area (Å²) >= 11 is 0. The van der Waals surface area contributed by atoms with Gasteiger partial charge in [-0.3, -0.25) is 9.80 Å². The summed E-state index contributed by atoms with van der Waals surface area (Å²) in [6.07, 6.45) is 12.3. The first kappa shape index (κ1) is 27.0. The van der Waals surface area contributed by atoms with Crippen molar-refractivity contribution in [3.63, 3.8) is 0 Å². The van der Waals surface area contributed by atoms with Gasteiger partial charge >= 0.3 is 0 Å². The second kappa shape index (κ2) is 13.4. The number of benzene rings is 2. The van der Waals surface area contributed by atoms with Gasteiger partial charge in [0.05, 0.1) is 19.4 Å². The van der Waals surface area contributed by atoms with Crippen molar-refractivity contribution >= 4 is 17.4 Å². The van der Waals surface area contributed by atoms with Crippen molar-refractivity contribution in [2.24, 2.45) is 9.98 Å². The molecule has 8 nitrogen and oxygen atoms in total. The van der Waals surface area contributed by atoms with Gasteiger partial charge in [0.1, 0.15) is 12.4 Å². The number of fused-ring (bicyclic) bond motifs is 6. The number of likely N-dealkylation sites (N-methyl/N-ethyl adjacent to an activating group) is 1. The van der Waals surface area contributed by atoms with Gasteiger partial charge in [0.2, 0.25) is 5.96 Å². The second-order valence-electron chi connectivity index (χ2n) is 10.1. The van der Waals surface area contributed by atoms with Gasteiger partial charge in [-0.2, -0.15) is 0 Å². The zero-order chi connectivity index (χ0) is 26.9. The Morgan fingerprint density at radius 2 is 1.97 bits per heavy atom. The first-order chi connectivity index (χ1) is 19.2. The topological polar surface area (TPSA) is 70.9 Å². The summed E-state index contributed by atoms with van der Waals surface area (Å²) in [6, 6.07) is 12.2. The van der Waals surface area contributed by atoms with Gasteiger partial charge in [0.25, 0.3) is 0 Å². The number of likely N-dealkylation sites (tertiary alicyclic amines) is 1. The fraction of sp³-hybridized carbons (Fsp3) is 0.419. The Kier molecular flexibility index (Phi) is 9.30. The molecular formula is C31H39N5O3. The summed E-state index contributed by atoms with van der Waals surface area (Å²) in [5.74, 6) is 2.87. The molecule has 0 aliphatic carbocycles. The summed E-state index contributed by atoms with van der Waals surface area (Å²) in [7, 11) is 3.81. The normalized spacial score (nSPS) is 19.4. The van der Waals surface area contributed by atoms with E-state index in [4.69, 9.17) is 19.2 Å². The lowest BCUT2D eigenvalue weighted by molar-refractivity contribution is 0.226. The molecule has 6 bridgehead atoms. The third-order valence-corrected chi connectivity index (χ3v) is 7.06. The molecule has 3 aliphatic heterocycles. The number of hydrogen-bond donors (Lipinski definition) is 1. The molecule has 1 saturated heterocycles. The second-order valence-corrected chi connectivity index (χ2v) is 10.1. The molecule has 2 aromatic rings. The molecule has 3 aliphatic rings. The van der Waals surface area contributed by atoms with Gasteiger partial charge in [0, 0.05) is 55.1 Å². The van der Waals surface area contributed by atoms with Crippen LogP contribution in [-0.4, -0.2) is 75.0 Å². The average Bonchev–Trinajstić information content (AvgIpc) is 3.35. The zero-order valence-electron chi connectivity index (χ0n) is 23.1. The van der Waals surface area contributed by atoms with E-state index in [1.807, 2.05) is 30.3 Å². The standard InChI is InChI=1S/C31H39N5O3/c1-35-14-4-3-7-18-38-27-11-8-10-24(21-27)28-12-9-13-32-31(34-28)33-26-20-25(23-35)30(29(22-26)37-2)39-19-17-36-15-5-6-16-36/h3-4,8-11,13,20-22H,5-7,12,14-19,23H2,1-2H3,(H,32,33)/b4-3+. The number of methoxy groups -OCH3 is 1. The lowest BCUT2D eigenvalue weighted by Crippen LogP contribution is -2.25. The summed E-state index contributed by atoms with van der Waals surface area (Å²) < 4.78 is 18.2. The van der Waals surface area contributed by atoms with E-state index in [-0.39, 0.29) is 0 Å². The van der Waals surface area contributed by atoms with E-state index in [0.29, 0.717) is 37.9 Å². The van der Waals surface area contributed by atoms with Crippen LogP contribution in [0.2, 0.25) is 0 Å². The van der Waals surface area contributed by atoms with Crippen molar-refractivity contribution in [3.05, 3.63) is 72.0 Å². The quantitative estimate of drug-likeness (QED) is 0.543. The molecular weight excluding hydrogens is 490 g/mol. The third kappa shape index (κ3) is 7.49. The van der Waals surface area contributed by atoms with Crippen LogP contribution in [0.15, 0.2) is 70.8 Å². The lowest BCUT2D eigenvalue weighted by atomic mass is 10.1. The summed E-state index contributed by atoms with van der Waals surface area (Å²) in [6.45, 7) is 6.00. The van der Waals surface area contributed by atoms with E-state index in [1.54, 1.807) is 13.3 Å². The van der Waals surface area contributed by atoms with Crippen LogP contribution in [0.4, 0.5) is 5.69 Å². The van der Waals surface area contributed by atoms with Crippen molar-refractivity contribution in [1.29, 1.82) is 0 Å². The van der Waals surface area contributed by atoms with Gasteiger partial charge < -0.3 is 19.5 Å². The van der Waals surface area contributed by atoms with E-state index >= 15 is 0 Å². The predicted molar refractivity (Wildman–Crippen MR) is 158 cm³/mol.